The van der Waals surface area contributed by atoms with Gasteiger partial charge in [-0.05, 0) is 17.5 Å². The van der Waals surface area contributed by atoms with E-state index < -0.39 is 0 Å². The number of aromatic nitrogens is 4. The Bertz CT molecular complexity index is 1820. The SMILES string of the molecule is Cn1[nH]cc2c(-c3cc4ccccc4n(C)c3=O)c3oc4cc(=O)cc(O)c4c3nc21. The fourth-order valence-electron chi connectivity index (χ4n) is 4.33. The highest BCUT2D eigenvalue weighted by Crippen LogP contribution is 2.40. The van der Waals surface area contributed by atoms with Crippen molar-refractivity contribution in [3.05, 3.63) is 69.2 Å². The molecule has 4 heterocycles. The van der Waals surface area contributed by atoms with E-state index in [1.54, 1.807) is 29.5 Å². The van der Waals surface area contributed by atoms with Gasteiger partial charge in [-0.15, -0.1) is 0 Å². The number of nitrogens with one attached hydrogen (secondary N) is 1. The number of phenolic OH excluding ortho intramolecular Hbond substituents is 1. The topological polar surface area (TPSA) is 106 Å². The van der Waals surface area contributed by atoms with E-state index in [9.17, 15) is 14.7 Å². The number of para-hydroxylation sites is 1. The highest BCUT2D eigenvalue weighted by Gasteiger charge is 2.24. The summed E-state index contributed by atoms with van der Waals surface area (Å²) in [5, 5.41) is 15.5. The number of aryl methyl sites for hydroxylation is 2. The minimum absolute atomic E-state index is 0.189. The van der Waals surface area contributed by atoms with Crippen molar-refractivity contribution in [3.8, 4) is 16.9 Å². The van der Waals surface area contributed by atoms with Gasteiger partial charge in [0.05, 0.1) is 16.5 Å². The number of hydrogen-bond acceptors (Lipinski definition) is 5. The fraction of sp³-hybridized carbons (Fsp3) is 0.0870. The zero-order chi connectivity index (χ0) is 21.4. The highest BCUT2D eigenvalue weighted by molar-refractivity contribution is 6.16. The van der Waals surface area contributed by atoms with E-state index in [2.05, 4.69) is 10.1 Å². The molecule has 0 unspecified atom stereocenters. The van der Waals surface area contributed by atoms with Crippen molar-refractivity contribution in [2.75, 3.05) is 0 Å². The van der Waals surface area contributed by atoms with Gasteiger partial charge in [-0.1, -0.05) is 18.2 Å². The molecule has 8 heteroatoms. The quantitative estimate of drug-likeness (QED) is 0.431. The smallest absolute Gasteiger partial charge is 0.258 e. The molecule has 0 atom stereocenters. The Morgan fingerprint density at radius 1 is 1.10 bits per heavy atom. The van der Waals surface area contributed by atoms with Crippen LogP contribution in [0.15, 0.2) is 62.7 Å². The molecule has 0 spiro atoms. The molecule has 0 saturated carbocycles. The van der Waals surface area contributed by atoms with Crippen molar-refractivity contribution in [1.29, 1.82) is 0 Å². The van der Waals surface area contributed by atoms with Crippen LogP contribution in [0.25, 0.3) is 55.1 Å². The van der Waals surface area contributed by atoms with Crippen LogP contribution in [0.1, 0.15) is 0 Å². The van der Waals surface area contributed by atoms with Crippen molar-refractivity contribution in [1.82, 2.24) is 19.3 Å². The highest BCUT2D eigenvalue weighted by atomic mass is 16.3. The predicted octanol–water partition coefficient (Wildman–Crippen LogP) is 3.39. The first-order valence-electron chi connectivity index (χ1n) is 9.66. The van der Waals surface area contributed by atoms with E-state index >= 15 is 0 Å². The predicted molar refractivity (Wildman–Crippen MR) is 118 cm³/mol. The lowest BCUT2D eigenvalue weighted by Crippen LogP contribution is -2.19. The second-order valence-electron chi connectivity index (χ2n) is 7.63. The number of nitrogens with zero attached hydrogens (tertiary/aromatic N) is 3. The van der Waals surface area contributed by atoms with Gasteiger partial charge in [0.25, 0.3) is 5.56 Å². The molecule has 0 bridgehead atoms. The first kappa shape index (κ1) is 17.5. The molecule has 6 aromatic rings. The van der Waals surface area contributed by atoms with Crippen molar-refractivity contribution >= 4 is 44.0 Å². The average Bonchev–Trinajstić information content (AvgIpc) is 3.29. The molecule has 0 radical (unpaired) electrons. The summed E-state index contributed by atoms with van der Waals surface area (Å²) >= 11 is 0. The molecule has 0 aliphatic rings. The molecule has 31 heavy (non-hydrogen) atoms. The van der Waals surface area contributed by atoms with E-state index in [1.807, 2.05) is 30.3 Å². The summed E-state index contributed by atoms with van der Waals surface area (Å²) in [6.45, 7) is 0. The van der Waals surface area contributed by atoms with Crippen LogP contribution in [0, 0.1) is 0 Å². The summed E-state index contributed by atoms with van der Waals surface area (Å²) in [5.74, 6) is -0.205. The maximum Gasteiger partial charge on any atom is 0.258 e. The Kier molecular flexibility index (Phi) is 3.31. The van der Waals surface area contributed by atoms with Crippen LogP contribution >= 0.6 is 0 Å². The van der Waals surface area contributed by atoms with E-state index in [4.69, 9.17) is 4.42 Å². The Balaban J connectivity index is 1.89. The monoisotopic (exact) mass is 412 g/mol. The van der Waals surface area contributed by atoms with Gasteiger partial charge in [0.15, 0.2) is 16.7 Å². The third-order valence-electron chi connectivity index (χ3n) is 5.80. The summed E-state index contributed by atoms with van der Waals surface area (Å²) in [4.78, 5) is 30.0. The minimum Gasteiger partial charge on any atom is -0.507 e. The van der Waals surface area contributed by atoms with Gasteiger partial charge in [0.1, 0.15) is 16.8 Å². The zero-order valence-electron chi connectivity index (χ0n) is 16.6. The molecule has 4 aromatic heterocycles. The molecule has 0 fully saturated rings. The van der Waals surface area contributed by atoms with Gasteiger partial charge in [0.2, 0.25) is 0 Å². The molecule has 0 aliphatic heterocycles. The number of aromatic hydroxyl groups is 1. The van der Waals surface area contributed by atoms with Gasteiger partial charge >= 0.3 is 0 Å². The standard InChI is InChI=1S/C23H16N4O4/c1-26-15-6-4-3-5-11(15)7-13(23(26)30)18-14-10-24-27(2)22(14)25-20-19-16(29)8-12(28)9-17(19)31-21(18)20/h3-10,24,29H,1-2H3. The third-order valence-corrected chi connectivity index (χ3v) is 5.80. The van der Waals surface area contributed by atoms with Crippen LogP contribution in [-0.2, 0) is 14.1 Å². The zero-order valence-corrected chi connectivity index (χ0v) is 16.6. The van der Waals surface area contributed by atoms with Gasteiger partial charge in [0, 0.05) is 43.4 Å². The Morgan fingerprint density at radius 2 is 1.90 bits per heavy atom. The lowest BCUT2D eigenvalue weighted by molar-refractivity contribution is 0.481. The van der Waals surface area contributed by atoms with Crippen molar-refractivity contribution in [2.45, 2.75) is 0 Å². The Hall–Kier alpha value is -4.33. The van der Waals surface area contributed by atoms with E-state index in [-0.39, 0.29) is 22.3 Å². The van der Waals surface area contributed by atoms with Crippen LogP contribution in [0.3, 0.4) is 0 Å². The molecule has 8 nitrogen and oxygen atoms in total. The van der Waals surface area contributed by atoms with Gasteiger partial charge in [-0.25, -0.2) is 4.98 Å². The lowest BCUT2D eigenvalue weighted by atomic mass is 10.0. The second-order valence-corrected chi connectivity index (χ2v) is 7.63. The number of aromatic amines is 1. The van der Waals surface area contributed by atoms with Crippen molar-refractivity contribution in [2.24, 2.45) is 14.1 Å². The lowest BCUT2D eigenvalue weighted by Gasteiger charge is -2.10. The molecule has 0 aliphatic carbocycles. The number of rotatable bonds is 1. The first-order valence-corrected chi connectivity index (χ1v) is 9.66. The van der Waals surface area contributed by atoms with Crippen molar-refractivity contribution < 1.29 is 9.52 Å². The second kappa shape index (κ2) is 5.85. The number of phenols is 1. The number of H-pyrrole nitrogens is 1. The fourth-order valence-corrected chi connectivity index (χ4v) is 4.33. The summed E-state index contributed by atoms with van der Waals surface area (Å²) in [6, 6.07) is 11.9. The summed E-state index contributed by atoms with van der Waals surface area (Å²) in [7, 11) is 3.54. The van der Waals surface area contributed by atoms with E-state index in [1.165, 1.54) is 6.07 Å². The molecule has 6 rings (SSSR count). The van der Waals surface area contributed by atoms with E-state index in [0.29, 0.717) is 38.6 Å². The number of furan rings is 1. The van der Waals surface area contributed by atoms with E-state index in [0.717, 1.165) is 17.0 Å². The maximum atomic E-state index is 13.4. The largest absolute Gasteiger partial charge is 0.507 e. The molecule has 0 saturated heterocycles. The molecule has 0 amide bonds. The van der Waals surface area contributed by atoms with Gasteiger partial charge < -0.3 is 19.2 Å². The first-order chi connectivity index (χ1) is 14.9. The van der Waals surface area contributed by atoms with Gasteiger partial charge in [-0.3, -0.25) is 14.3 Å². The number of fused-ring (bicyclic) bond motifs is 5. The summed E-state index contributed by atoms with van der Waals surface area (Å²) in [5.41, 5.74) is 2.81. The molecule has 2 aromatic carbocycles. The van der Waals surface area contributed by atoms with Gasteiger partial charge in [-0.2, -0.15) is 0 Å². The Morgan fingerprint density at radius 3 is 2.74 bits per heavy atom. The summed E-state index contributed by atoms with van der Waals surface area (Å²) < 4.78 is 9.36. The third kappa shape index (κ3) is 2.27. The molecular formula is C23H16N4O4. The molecule has 2 N–H and O–H groups in total. The molecular weight excluding hydrogens is 396 g/mol. The maximum absolute atomic E-state index is 13.4. The normalized spacial score (nSPS) is 11.9. The van der Waals surface area contributed by atoms with Crippen LogP contribution in [-0.4, -0.2) is 24.4 Å². The van der Waals surface area contributed by atoms with Crippen LogP contribution in [0.2, 0.25) is 0 Å². The molecule has 152 valence electrons. The number of pyridine rings is 2. The number of benzene rings is 2. The van der Waals surface area contributed by atoms with Crippen LogP contribution < -0.4 is 11.0 Å². The van der Waals surface area contributed by atoms with Crippen LogP contribution in [0.4, 0.5) is 0 Å². The minimum atomic E-state index is -0.370. The number of hydrogen-bond donors (Lipinski definition) is 2. The van der Waals surface area contributed by atoms with Crippen molar-refractivity contribution in [3.63, 3.8) is 0 Å². The van der Waals surface area contributed by atoms with Crippen LogP contribution in [0.5, 0.6) is 5.75 Å². The summed E-state index contributed by atoms with van der Waals surface area (Å²) in [6.07, 6.45) is 1.76. The average molecular weight is 412 g/mol. The Labute approximate surface area is 173 Å².